The average Bonchev–Trinajstić information content (AvgIpc) is 2.82. The molecule has 0 heterocycles. The van der Waals surface area contributed by atoms with Gasteiger partial charge in [-0.3, -0.25) is 4.21 Å². The zero-order chi connectivity index (χ0) is 11.8. The van der Waals surface area contributed by atoms with Gasteiger partial charge < -0.3 is 34.9 Å². The fourth-order valence-corrected chi connectivity index (χ4v) is 0.180. The normalized spacial score (nSPS) is 7.87. The van der Waals surface area contributed by atoms with Gasteiger partial charge in [0.2, 0.25) is 0 Å². The first kappa shape index (κ1) is 23.9. The minimum atomic E-state index is -1.82. The molecule has 1 aromatic carbocycles. The monoisotopic (exact) mass is 266 g/mol. The van der Waals surface area contributed by atoms with Crippen LogP contribution in [0.5, 0.6) is 0 Å². The molecule has 1 unspecified atom stereocenters. The van der Waals surface area contributed by atoms with E-state index in [1.807, 2.05) is 0 Å². The fraction of sp³-hybridized carbons (Fsp3) is 0.222. The van der Waals surface area contributed by atoms with E-state index >= 15 is 0 Å². The predicted molar refractivity (Wildman–Crippen MR) is 44.7 cm³/mol. The van der Waals surface area contributed by atoms with Gasteiger partial charge >= 0.3 is 22.6 Å². The molecule has 4 nitrogen and oxygen atoms in total. The summed E-state index contributed by atoms with van der Waals surface area (Å²) < 4.78 is 33.7. The molecule has 1 rings (SSSR count). The van der Waals surface area contributed by atoms with Crippen LogP contribution in [0.1, 0.15) is 6.92 Å². The Labute approximate surface area is 103 Å². The molecular formula is C9H6FeO4S-6. The first-order valence-electron chi connectivity index (χ1n) is 3.06. The van der Waals surface area contributed by atoms with Crippen LogP contribution in [-0.4, -0.2) is 14.5 Å². The molecule has 0 aliphatic carbocycles. The van der Waals surface area contributed by atoms with E-state index in [1.165, 1.54) is 0 Å². The average molecular weight is 266 g/mol. The molecule has 0 aliphatic heterocycles. The van der Waals surface area contributed by atoms with E-state index in [2.05, 4.69) is 37.6 Å². The maximum atomic E-state index is 9.37. The zero-order valence-corrected chi connectivity index (χ0v) is 9.60. The minimum absolute atomic E-state index is 0. The van der Waals surface area contributed by atoms with Gasteiger partial charge in [0.05, 0.1) is 0 Å². The molecule has 0 amide bonds. The molecule has 86 valence electrons. The van der Waals surface area contributed by atoms with E-state index in [-0.39, 0.29) is 22.8 Å². The summed E-state index contributed by atoms with van der Waals surface area (Å²) in [6, 6.07) is 12.0. The van der Waals surface area contributed by atoms with Crippen molar-refractivity contribution in [2.75, 3.05) is 5.75 Å². The van der Waals surface area contributed by atoms with Gasteiger partial charge in [-0.15, -0.1) is 0 Å². The Morgan fingerprint density at radius 3 is 1.60 bits per heavy atom. The second-order valence-electron chi connectivity index (χ2n) is 1.28. The Morgan fingerprint density at radius 2 is 1.53 bits per heavy atom. The maximum absolute atomic E-state index is 9.37. The third-order valence-corrected chi connectivity index (χ3v) is 1.06. The molecule has 0 aliphatic rings. The molecule has 15 heavy (non-hydrogen) atoms. The summed E-state index contributed by atoms with van der Waals surface area (Å²) >= 11 is -1.82. The van der Waals surface area contributed by atoms with Gasteiger partial charge in [-0.25, -0.2) is 0 Å². The molecule has 0 N–H and O–H groups in total. The van der Waals surface area contributed by atoms with Gasteiger partial charge in [0, 0.05) is 22.8 Å². The van der Waals surface area contributed by atoms with Crippen molar-refractivity contribution in [3.63, 3.8) is 0 Å². The van der Waals surface area contributed by atoms with Crippen LogP contribution in [-0.2, 0) is 37.5 Å². The van der Waals surface area contributed by atoms with Crippen LogP contribution >= 0.6 is 0 Å². The SMILES string of the molecule is CCS(=O)[O-].[C-]#[O+].[C-]#[O+].[Fe].[c-]1[c-][c-][cH-][c-]1. The van der Waals surface area contributed by atoms with Crippen LogP contribution in [0.2, 0.25) is 0 Å². The van der Waals surface area contributed by atoms with Crippen molar-refractivity contribution in [2.24, 2.45) is 0 Å². The fourth-order valence-electron chi connectivity index (χ4n) is 0.180. The van der Waals surface area contributed by atoms with Crippen LogP contribution < -0.4 is 0 Å². The van der Waals surface area contributed by atoms with Gasteiger partial charge in [-0.2, -0.15) is 0 Å². The second-order valence-corrected chi connectivity index (χ2v) is 2.46. The molecule has 6 heteroatoms. The Bertz CT molecular complexity index is 208. The molecule has 0 bridgehead atoms. The van der Waals surface area contributed by atoms with Crippen molar-refractivity contribution in [3.05, 3.63) is 43.6 Å². The van der Waals surface area contributed by atoms with Gasteiger partial charge in [-0.1, -0.05) is 18.0 Å². The van der Waals surface area contributed by atoms with Crippen molar-refractivity contribution >= 4 is 11.1 Å². The van der Waals surface area contributed by atoms with Crippen LogP contribution in [0, 0.1) is 37.6 Å². The van der Waals surface area contributed by atoms with Crippen LogP contribution in [0.25, 0.3) is 0 Å². The van der Waals surface area contributed by atoms with E-state index in [9.17, 15) is 8.76 Å². The molecular weight excluding hydrogens is 260 g/mol. The van der Waals surface area contributed by atoms with Crippen molar-refractivity contribution in [2.45, 2.75) is 6.92 Å². The third-order valence-electron chi connectivity index (χ3n) is 0.587. The summed E-state index contributed by atoms with van der Waals surface area (Å²) in [5.41, 5.74) is 0. The molecule has 0 radical (unpaired) electrons. The van der Waals surface area contributed by atoms with E-state index in [1.54, 1.807) is 13.0 Å². The van der Waals surface area contributed by atoms with Crippen molar-refractivity contribution in [3.8, 4) is 0 Å². The Balaban J connectivity index is -0.0000000580. The smallest absolute Gasteiger partial charge is 0 e. The number of rotatable bonds is 1. The number of hydrogen-bond donors (Lipinski definition) is 0. The van der Waals surface area contributed by atoms with Gasteiger partial charge in [0.1, 0.15) is 0 Å². The maximum Gasteiger partial charge on any atom is 0 e. The summed E-state index contributed by atoms with van der Waals surface area (Å²) in [7, 11) is 0. The first-order chi connectivity index (χ1) is 6.77. The van der Waals surface area contributed by atoms with E-state index in [4.69, 9.17) is 9.30 Å². The van der Waals surface area contributed by atoms with E-state index in [0.717, 1.165) is 0 Å². The molecule has 0 aromatic heterocycles. The summed E-state index contributed by atoms with van der Waals surface area (Å²) in [5, 5.41) is 0. The molecule has 0 fully saturated rings. The summed E-state index contributed by atoms with van der Waals surface area (Å²) in [5.74, 6) is 0.222. The van der Waals surface area contributed by atoms with Crippen molar-refractivity contribution in [1.29, 1.82) is 0 Å². The third kappa shape index (κ3) is 42.4. The van der Waals surface area contributed by atoms with E-state index < -0.39 is 11.1 Å². The predicted octanol–water partition coefficient (Wildman–Crippen LogP) is 0.414. The van der Waals surface area contributed by atoms with Crippen molar-refractivity contribution in [1.82, 2.24) is 0 Å². The molecule has 0 saturated heterocycles. The van der Waals surface area contributed by atoms with Crippen LogP contribution in [0.4, 0.5) is 0 Å². The van der Waals surface area contributed by atoms with Crippen LogP contribution in [0.3, 0.4) is 0 Å². The van der Waals surface area contributed by atoms with Crippen molar-refractivity contribution < 1.29 is 35.1 Å². The van der Waals surface area contributed by atoms with Gasteiger partial charge in [0.15, 0.2) is 0 Å². The summed E-state index contributed by atoms with van der Waals surface area (Å²) in [6.07, 6.45) is 0. The largest absolute Gasteiger partial charge is 0.999 e. The van der Waals surface area contributed by atoms with E-state index in [0.29, 0.717) is 0 Å². The van der Waals surface area contributed by atoms with Gasteiger partial charge in [-0.05, 0) is 0 Å². The molecule has 1 atom stereocenters. The molecule has 1 aromatic rings. The summed E-state index contributed by atoms with van der Waals surface area (Å²) in [6.45, 7) is 10.6. The molecule has 0 spiro atoms. The minimum Gasteiger partial charge on any atom is -0.999 e. The molecule has 0 saturated carbocycles. The van der Waals surface area contributed by atoms with Gasteiger partial charge in [0.25, 0.3) is 0 Å². The Morgan fingerprint density at radius 1 is 1.27 bits per heavy atom. The standard InChI is InChI=1S/C5H.C2H6O2S.2CO.Fe/c1-2-4-5-3-1;1-2-5(3)4;2*1-2;/h1H;2H2,1H3,(H,3,4);;;/q-5;;;;/p-1. The zero-order valence-electron chi connectivity index (χ0n) is 7.68. The number of hydrogen-bond acceptors (Lipinski definition) is 2. The Kier molecular flexibility index (Phi) is 46.6. The quantitative estimate of drug-likeness (QED) is 0.319. The van der Waals surface area contributed by atoms with Crippen LogP contribution in [0.15, 0.2) is 6.07 Å². The second kappa shape index (κ2) is 29.2. The Hall–Kier alpha value is -0.541. The first-order valence-corrected chi connectivity index (χ1v) is 4.31. The topological polar surface area (TPSA) is 79.9 Å². The summed E-state index contributed by atoms with van der Waals surface area (Å²) in [4.78, 5) is 0.